The molecule has 0 saturated carbocycles. The number of halogens is 4. The van der Waals surface area contributed by atoms with Gasteiger partial charge in [0.2, 0.25) is 0 Å². The molecule has 34 heavy (non-hydrogen) atoms. The Kier molecular flexibility index (Phi) is 15.1. The van der Waals surface area contributed by atoms with E-state index in [1.54, 1.807) is 0 Å². The lowest BCUT2D eigenvalue weighted by molar-refractivity contribution is 0.760. The van der Waals surface area contributed by atoms with Crippen LogP contribution in [0.5, 0.6) is 0 Å². The Labute approximate surface area is 224 Å². The summed E-state index contributed by atoms with van der Waals surface area (Å²) in [4.78, 5) is 13.5. The summed E-state index contributed by atoms with van der Waals surface area (Å²) in [6, 6.07) is 16.7. The highest BCUT2D eigenvalue weighted by molar-refractivity contribution is 6.19. The standard InChI is InChI=1S/C26H34Cl4N4/c27-11-17-33(18-12-28)25-7-3-23(4-8-25)21-31-15-1-2-16-32-22-24-5-9-26(10-6-24)34(19-13-29)20-14-30/h3-10,21-22H,1-2,11-20H2. The fourth-order valence-corrected chi connectivity index (χ4v) is 4.25. The van der Waals surface area contributed by atoms with Crippen molar-refractivity contribution in [3.63, 3.8) is 0 Å². The van der Waals surface area contributed by atoms with E-state index in [0.717, 1.165) is 74.6 Å². The Balaban J connectivity index is 1.69. The zero-order valence-corrected chi connectivity index (χ0v) is 22.6. The zero-order valence-electron chi connectivity index (χ0n) is 19.6. The molecule has 0 radical (unpaired) electrons. The number of hydrogen-bond donors (Lipinski definition) is 0. The van der Waals surface area contributed by atoms with Crippen LogP contribution in [0.25, 0.3) is 0 Å². The van der Waals surface area contributed by atoms with Crippen LogP contribution in [0, 0.1) is 0 Å². The zero-order chi connectivity index (χ0) is 24.4. The van der Waals surface area contributed by atoms with Gasteiger partial charge in [-0.05, 0) is 48.2 Å². The molecule has 0 aliphatic rings. The lowest BCUT2D eigenvalue weighted by atomic mass is 10.2. The molecule has 0 unspecified atom stereocenters. The van der Waals surface area contributed by atoms with E-state index in [4.69, 9.17) is 46.4 Å². The second-order valence-corrected chi connectivity index (χ2v) is 9.20. The summed E-state index contributed by atoms with van der Waals surface area (Å²) in [5, 5.41) is 0. The molecule has 0 saturated heterocycles. The van der Waals surface area contributed by atoms with Gasteiger partial charge in [-0.15, -0.1) is 46.4 Å². The van der Waals surface area contributed by atoms with Crippen molar-refractivity contribution in [1.82, 2.24) is 0 Å². The number of hydrogen-bond acceptors (Lipinski definition) is 4. The van der Waals surface area contributed by atoms with Gasteiger partial charge in [0.15, 0.2) is 0 Å². The minimum atomic E-state index is 0.583. The van der Waals surface area contributed by atoms with Crippen molar-refractivity contribution in [1.29, 1.82) is 0 Å². The van der Waals surface area contributed by atoms with E-state index in [0.29, 0.717) is 23.5 Å². The Bertz CT molecular complexity index is 757. The Morgan fingerprint density at radius 2 is 0.853 bits per heavy atom. The second-order valence-electron chi connectivity index (χ2n) is 7.69. The van der Waals surface area contributed by atoms with Crippen LogP contribution >= 0.6 is 46.4 Å². The average Bonchev–Trinajstić information content (AvgIpc) is 2.86. The predicted octanol–water partition coefficient (Wildman–Crippen LogP) is 6.57. The van der Waals surface area contributed by atoms with E-state index in [-0.39, 0.29) is 0 Å². The molecule has 0 heterocycles. The number of rotatable bonds is 17. The fraction of sp³-hybridized carbons (Fsp3) is 0.462. The molecule has 4 nitrogen and oxygen atoms in total. The monoisotopic (exact) mass is 542 g/mol. The molecule has 0 bridgehead atoms. The smallest absolute Gasteiger partial charge is 0.0399 e. The van der Waals surface area contributed by atoms with Gasteiger partial charge < -0.3 is 9.80 Å². The van der Waals surface area contributed by atoms with Crippen LogP contribution in [0.1, 0.15) is 24.0 Å². The number of aliphatic imine (C=N–C) groups is 2. The van der Waals surface area contributed by atoms with Crippen LogP contribution in [0.4, 0.5) is 11.4 Å². The molecule has 0 N–H and O–H groups in total. The van der Waals surface area contributed by atoms with Crippen molar-refractivity contribution in [3.8, 4) is 0 Å². The highest BCUT2D eigenvalue weighted by atomic mass is 35.5. The van der Waals surface area contributed by atoms with Crippen LogP contribution in [-0.4, -0.2) is 75.2 Å². The molecule has 0 fully saturated rings. The van der Waals surface area contributed by atoms with Crippen LogP contribution in [-0.2, 0) is 0 Å². The van der Waals surface area contributed by atoms with Gasteiger partial charge in [-0.1, -0.05) is 24.3 Å². The molecule has 8 heteroatoms. The van der Waals surface area contributed by atoms with E-state index in [2.05, 4.69) is 68.3 Å². The maximum absolute atomic E-state index is 5.89. The first-order valence-corrected chi connectivity index (χ1v) is 13.8. The molecule has 0 aromatic heterocycles. The van der Waals surface area contributed by atoms with Gasteiger partial charge in [0.05, 0.1) is 0 Å². The molecule has 2 aromatic rings. The van der Waals surface area contributed by atoms with Crippen molar-refractivity contribution in [3.05, 3.63) is 59.7 Å². The van der Waals surface area contributed by atoms with Gasteiger partial charge >= 0.3 is 0 Å². The summed E-state index contributed by atoms with van der Waals surface area (Å²) in [5.74, 6) is 2.33. The minimum Gasteiger partial charge on any atom is -0.369 e. The Morgan fingerprint density at radius 3 is 1.15 bits per heavy atom. The van der Waals surface area contributed by atoms with E-state index in [1.165, 1.54) is 0 Å². The Morgan fingerprint density at radius 1 is 0.529 bits per heavy atom. The summed E-state index contributed by atoms with van der Waals surface area (Å²) in [6.07, 6.45) is 5.88. The van der Waals surface area contributed by atoms with Crippen LogP contribution in [0.3, 0.4) is 0 Å². The summed E-state index contributed by atoms with van der Waals surface area (Å²) in [7, 11) is 0. The number of alkyl halides is 4. The molecule has 186 valence electrons. The molecule has 0 atom stereocenters. The lowest BCUT2D eigenvalue weighted by Gasteiger charge is -2.22. The third-order valence-electron chi connectivity index (χ3n) is 5.24. The van der Waals surface area contributed by atoms with E-state index >= 15 is 0 Å². The first-order chi connectivity index (χ1) is 16.7. The number of nitrogens with zero attached hydrogens (tertiary/aromatic N) is 4. The molecular weight excluding hydrogens is 510 g/mol. The SMILES string of the molecule is ClCCN(CCCl)c1ccc(C=NCCCCN=Cc2ccc(N(CCCl)CCCl)cc2)cc1. The topological polar surface area (TPSA) is 31.2 Å². The van der Waals surface area contributed by atoms with Crippen LogP contribution in [0.15, 0.2) is 58.5 Å². The van der Waals surface area contributed by atoms with Crippen molar-refractivity contribution in [2.45, 2.75) is 12.8 Å². The van der Waals surface area contributed by atoms with Gasteiger partial charge in [0, 0.05) is 86.6 Å². The number of unbranched alkanes of at least 4 members (excludes halogenated alkanes) is 1. The van der Waals surface area contributed by atoms with Crippen LogP contribution in [0.2, 0.25) is 0 Å². The number of benzene rings is 2. The fourth-order valence-electron chi connectivity index (χ4n) is 3.44. The van der Waals surface area contributed by atoms with Gasteiger partial charge in [-0.2, -0.15) is 0 Å². The maximum Gasteiger partial charge on any atom is 0.0399 e. The van der Waals surface area contributed by atoms with Gasteiger partial charge in [0.1, 0.15) is 0 Å². The van der Waals surface area contributed by atoms with Crippen molar-refractivity contribution < 1.29 is 0 Å². The third kappa shape index (κ3) is 10.9. The largest absolute Gasteiger partial charge is 0.369 e. The van der Waals surface area contributed by atoms with Gasteiger partial charge in [0.25, 0.3) is 0 Å². The first kappa shape index (κ1) is 28.8. The third-order valence-corrected chi connectivity index (χ3v) is 5.92. The molecule has 0 aliphatic carbocycles. The highest BCUT2D eigenvalue weighted by Gasteiger charge is 2.05. The molecule has 0 spiro atoms. The average molecular weight is 544 g/mol. The predicted molar refractivity (Wildman–Crippen MR) is 154 cm³/mol. The molecule has 0 amide bonds. The Hall–Kier alpha value is -1.46. The highest BCUT2D eigenvalue weighted by Crippen LogP contribution is 2.16. The van der Waals surface area contributed by atoms with E-state index < -0.39 is 0 Å². The summed E-state index contributed by atoms with van der Waals surface area (Å²) in [5.41, 5.74) is 4.46. The van der Waals surface area contributed by atoms with Gasteiger partial charge in [-0.25, -0.2) is 0 Å². The normalized spacial score (nSPS) is 11.5. The van der Waals surface area contributed by atoms with Crippen molar-refractivity contribution in [2.75, 3.05) is 72.6 Å². The van der Waals surface area contributed by atoms with E-state index in [9.17, 15) is 0 Å². The van der Waals surface area contributed by atoms with Gasteiger partial charge in [-0.3, -0.25) is 9.98 Å². The lowest BCUT2D eigenvalue weighted by Crippen LogP contribution is -2.27. The van der Waals surface area contributed by atoms with Crippen molar-refractivity contribution >= 4 is 70.2 Å². The number of anilines is 2. The molecule has 2 aromatic carbocycles. The second kappa shape index (κ2) is 17.9. The molecular formula is C26H34Cl4N4. The maximum atomic E-state index is 5.89. The van der Waals surface area contributed by atoms with Crippen LogP contribution < -0.4 is 9.80 Å². The summed E-state index contributed by atoms with van der Waals surface area (Å²) >= 11 is 23.5. The summed E-state index contributed by atoms with van der Waals surface area (Å²) < 4.78 is 0. The summed E-state index contributed by atoms with van der Waals surface area (Å²) in [6.45, 7) is 4.75. The molecule has 2 rings (SSSR count). The molecule has 0 aliphatic heterocycles. The minimum absolute atomic E-state index is 0.583. The van der Waals surface area contributed by atoms with Crippen molar-refractivity contribution in [2.24, 2.45) is 9.98 Å². The quantitative estimate of drug-likeness (QED) is 0.128. The first-order valence-electron chi connectivity index (χ1n) is 11.7. The van der Waals surface area contributed by atoms with E-state index in [1.807, 2.05) is 12.4 Å².